The van der Waals surface area contributed by atoms with Gasteiger partial charge in [-0.1, -0.05) is 32.9 Å². The summed E-state index contributed by atoms with van der Waals surface area (Å²) in [6.07, 6.45) is 3.35. The standard InChI is InChI=1S/C13H13N3.C11H13FO2.C2H6/c1-9-15-12-6-5-10(8-14)7-13(12)16(9)11-3-2-4-11;1-2-10(13)7-11(14)8-4-3-5-9(12)6-8;1-2/h5-7,11H,2-4H2,1H3;3-6,11,14H,2,7H2,1H3;1-2H3. The highest BCUT2D eigenvalue weighted by Gasteiger charge is 2.23. The van der Waals surface area contributed by atoms with E-state index in [1.54, 1.807) is 13.0 Å². The van der Waals surface area contributed by atoms with Crippen LogP contribution in [0.3, 0.4) is 0 Å². The summed E-state index contributed by atoms with van der Waals surface area (Å²) in [5, 5.41) is 18.5. The van der Waals surface area contributed by atoms with Gasteiger partial charge in [-0.2, -0.15) is 5.26 Å². The second-order valence-electron chi connectivity index (χ2n) is 7.60. The number of hydrogen-bond donors (Lipinski definition) is 1. The molecule has 0 bridgehead atoms. The second kappa shape index (κ2) is 12.1. The number of imidazole rings is 1. The van der Waals surface area contributed by atoms with Crippen molar-refractivity contribution in [2.75, 3.05) is 0 Å². The van der Waals surface area contributed by atoms with E-state index in [1.165, 1.54) is 37.5 Å². The molecule has 0 aliphatic heterocycles. The van der Waals surface area contributed by atoms with Gasteiger partial charge in [0, 0.05) is 18.9 Å². The molecule has 170 valence electrons. The maximum atomic E-state index is 12.8. The van der Waals surface area contributed by atoms with Gasteiger partial charge in [-0.05, 0) is 62.1 Å². The number of aryl methyl sites for hydroxylation is 1. The van der Waals surface area contributed by atoms with Gasteiger partial charge in [0.25, 0.3) is 0 Å². The number of aliphatic hydroxyl groups excluding tert-OH is 1. The second-order valence-corrected chi connectivity index (χ2v) is 7.60. The number of hydrogen-bond acceptors (Lipinski definition) is 4. The number of aliphatic hydroxyl groups is 1. The highest BCUT2D eigenvalue weighted by Crippen LogP contribution is 2.35. The molecule has 1 unspecified atom stereocenters. The molecule has 4 rings (SSSR count). The van der Waals surface area contributed by atoms with E-state index >= 15 is 0 Å². The normalized spacial score (nSPS) is 13.7. The average Bonchev–Trinajstić information content (AvgIpc) is 3.09. The molecule has 1 aliphatic rings. The van der Waals surface area contributed by atoms with Crippen LogP contribution in [0.2, 0.25) is 0 Å². The van der Waals surface area contributed by atoms with Crippen LogP contribution in [-0.2, 0) is 4.79 Å². The van der Waals surface area contributed by atoms with E-state index in [1.807, 2.05) is 39.0 Å². The molecule has 1 N–H and O–H groups in total. The summed E-state index contributed by atoms with van der Waals surface area (Å²) in [6, 6.07) is 14.2. The van der Waals surface area contributed by atoms with E-state index in [0.29, 0.717) is 23.6 Å². The van der Waals surface area contributed by atoms with Crippen molar-refractivity contribution in [3.05, 3.63) is 65.2 Å². The summed E-state index contributed by atoms with van der Waals surface area (Å²) in [4.78, 5) is 15.6. The molecule has 0 saturated heterocycles. The monoisotopic (exact) mass is 437 g/mol. The summed E-state index contributed by atoms with van der Waals surface area (Å²) in [5.74, 6) is 0.641. The van der Waals surface area contributed by atoms with E-state index < -0.39 is 11.9 Å². The van der Waals surface area contributed by atoms with Gasteiger partial charge in [0.2, 0.25) is 0 Å². The highest BCUT2D eigenvalue weighted by atomic mass is 19.1. The number of nitriles is 1. The van der Waals surface area contributed by atoms with Crippen molar-refractivity contribution >= 4 is 16.8 Å². The minimum Gasteiger partial charge on any atom is -0.388 e. The SMILES string of the molecule is CC.CCC(=O)CC(O)c1cccc(F)c1.Cc1nc2ccc(C#N)cc2n1C1CCC1. The first-order chi connectivity index (χ1) is 15.4. The number of rotatable bonds is 5. The Balaban J connectivity index is 0.000000213. The largest absolute Gasteiger partial charge is 0.388 e. The predicted molar refractivity (Wildman–Crippen MR) is 125 cm³/mol. The maximum absolute atomic E-state index is 12.8. The number of Topliss-reactive ketones (excluding diaryl/α,β-unsaturated/α-hetero) is 1. The molecule has 1 aliphatic carbocycles. The van der Waals surface area contributed by atoms with Crippen molar-refractivity contribution in [1.29, 1.82) is 5.26 Å². The summed E-state index contributed by atoms with van der Waals surface area (Å²) in [7, 11) is 0. The highest BCUT2D eigenvalue weighted by molar-refractivity contribution is 5.79. The van der Waals surface area contributed by atoms with Crippen molar-refractivity contribution in [2.24, 2.45) is 0 Å². The van der Waals surface area contributed by atoms with E-state index in [9.17, 15) is 14.3 Å². The first kappa shape index (κ1) is 25.2. The molecular weight excluding hydrogens is 405 g/mol. The average molecular weight is 438 g/mol. The molecule has 0 radical (unpaired) electrons. The van der Waals surface area contributed by atoms with Gasteiger partial charge in [-0.25, -0.2) is 9.37 Å². The Morgan fingerprint density at radius 1 is 1.28 bits per heavy atom. The predicted octanol–water partition coefficient (Wildman–Crippen LogP) is 6.20. The first-order valence-electron chi connectivity index (χ1n) is 11.3. The fourth-order valence-corrected chi connectivity index (χ4v) is 3.58. The van der Waals surface area contributed by atoms with Crippen LogP contribution in [-0.4, -0.2) is 20.4 Å². The Bertz CT molecular complexity index is 1080. The van der Waals surface area contributed by atoms with Crippen LogP contribution < -0.4 is 0 Å². The van der Waals surface area contributed by atoms with Crippen molar-refractivity contribution in [1.82, 2.24) is 9.55 Å². The maximum Gasteiger partial charge on any atom is 0.135 e. The number of halogens is 1. The van der Waals surface area contributed by atoms with Crippen molar-refractivity contribution in [3.8, 4) is 6.07 Å². The molecule has 5 nitrogen and oxygen atoms in total. The van der Waals surface area contributed by atoms with E-state index in [4.69, 9.17) is 5.26 Å². The third kappa shape index (κ3) is 6.24. The number of aromatic nitrogens is 2. The molecule has 32 heavy (non-hydrogen) atoms. The number of benzene rings is 2. The van der Waals surface area contributed by atoms with E-state index in [-0.39, 0.29) is 12.2 Å². The van der Waals surface area contributed by atoms with Crippen molar-refractivity contribution in [2.45, 2.75) is 71.9 Å². The van der Waals surface area contributed by atoms with Gasteiger partial charge >= 0.3 is 0 Å². The van der Waals surface area contributed by atoms with Crippen molar-refractivity contribution < 1.29 is 14.3 Å². The van der Waals surface area contributed by atoms with Gasteiger partial charge in [-0.15, -0.1) is 0 Å². The third-order valence-electron chi connectivity index (χ3n) is 5.48. The molecule has 1 saturated carbocycles. The minimum absolute atomic E-state index is 0.0261. The zero-order valence-corrected chi connectivity index (χ0v) is 19.3. The van der Waals surface area contributed by atoms with Crippen LogP contribution in [0.5, 0.6) is 0 Å². The van der Waals surface area contributed by atoms with Gasteiger partial charge in [-0.3, -0.25) is 4.79 Å². The first-order valence-corrected chi connectivity index (χ1v) is 11.3. The summed E-state index contributed by atoms with van der Waals surface area (Å²) >= 11 is 0. The molecular formula is C26H32FN3O2. The minimum atomic E-state index is -0.891. The molecule has 1 fully saturated rings. The number of nitrogens with zero attached hydrogens (tertiary/aromatic N) is 3. The number of carbonyl (C=O) groups excluding carboxylic acids is 1. The lowest BCUT2D eigenvalue weighted by Gasteiger charge is -2.28. The zero-order valence-electron chi connectivity index (χ0n) is 19.3. The summed E-state index contributed by atoms with van der Waals surface area (Å²) in [6.45, 7) is 7.78. The Labute approximate surface area is 189 Å². The molecule has 3 aromatic rings. The van der Waals surface area contributed by atoms with Crippen molar-refractivity contribution in [3.63, 3.8) is 0 Å². The summed E-state index contributed by atoms with van der Waals surface area (Å²) < 4.78 is 15.0. The molecule has 1 atom stereocenters. The molecule has 0 amide bonds. The van der Waals surface area contributed by atoms with Crippen LogP contribution in [0.1, 0.15) is 82.0 Å². The molecule has 2 aromatic carbocycles. The van der Waals surface area contributed by atoms with Crippen LogP contribution in [0.25, 0.3) is 11.0 Å². The van der Waals surface area contributed by atoms with Crippen LogP contribution in [0.15, 0.2) is 42.5 Å². The Hall–Kier alpha value is -3.04. The topological polar surface area (TPSA) is 78.9 Å². The van der Waals surface area contributed by atoms with Crippen LogP contribution in [0.4, 0.5) is 4.39 Å². The number of ketones is 1. The van der Waals surface area contributed by atoms with Crippen LogP contribution >= 0.6 is 0 Å². The molecule has 1 aromatic heterocycles. The summed E-state index contributed by atoms with van der Waals surface area (Å²) in [5.41, 5.74) is 3.28. The Morgan fingerprint density at radius 3 is 2.56 bits per heavy atom. The Morgan fingerprint density at radius 2 is 2.00 bits per heavy atom. The third-order valence-corrected chi connectivity index (χ3v) is 5.48. The lowest BCUT2D eigenvalue weighted by molar-refractivity contribution is -0.120. The fourth-order valence-electron chi connectivity index (χ4n) is 3.58. The Kier molecular flexibility index (Phi) is 9.55. The van der Waals surface area contributed by atoms with Gasteiger partial charge in [0.05, 0.1) is 28.8 Å². The quantitative estimate of drug-likeness (QED) is 0.516. The zero-order chi connectivity index (χ0) is 23.7. The molecule has 1 heterocycles. The van der Waals surface area contributed by atoms with Gasteiger partial charge in [0.15, 0.2) is 0 Å². The van der Waals surface area contributed by atoms with E-state index in [2.05, 4.69) is 15.6 Å². The number of fused-ring (bicyclic) bond motifs is 1. The molecule has 6 heteroatoms. The molecule has 0 spiro atoms. The smallest absolute Gasteiger partial charge is 0.135 e. The number of carbonyl (C=O) groups is 1. The fraction of sp³-hybridized carbons (Fsp3) is 0.423. The van der Waals surface area contributed by atoms with Gasteiger partial charge in [0.1, 0.15) is 17.4 Å². The lowest BCUT2D eigenvalue weighted by atomic mass is 9.92. The van der Waals surface area contributed by atoms with E-state index in [0.717, 1.165) is 16.9 Å². The van der Waals surface area contributed by atoms with Crippen LogP contribution in [0, 0.1) is 24.1 Å². The lowest BCUT2D eigenvalue weighted by Crippen LogP contribution is -2.17. The van der Waals surface area contributed by atoms with Gasteiger partial charge < -0.3 is 9.67 Å².